The van der Waals surface area contributed by atoms with E-state index in [9.17, 15) is 24.6 Å². The molecule has 3 aliphatic rings. The fraction of sp³-hybridized carbons (Fsp3) is 0.365. The molecule has 1 saturated heterocycles. The molecule has 0 aliphatic carbocycles. The molecule has 69 heavy (non-hydrogen) atoms. The number of likely N-dealkylation sites (tertiary alicyclic amines) is 1. The summed E-state index contributed by atoms with van der Waals surface area (Å²) in [6.45, 7) is 7.97. The first kappa shape index (κ1) is 47.3. The second kappa shape index (κ2) is 19.0. The van der Waals surface area contributed by atoms with Crippen LogP contribution in [0.2, 0.25) is 0 Å². The number of aryl methyl sites for hydroxylation is 2. The van der Waals surface area contributed by atoms with E-state index in [4.69, 9.17) is 18.7 Å². The van der Waals surface area contributed by atoms with Gasteiger partial charge >= 0.3 is 5.97 Å². The number of carbonyl (C=O) groups excluding carboxylic acids is 3. The molecule has 4 aromatic carbocycles. The fourth-order valence-electron chi connectivity index (χ4n) is 9.53. The molecule has 4 atom stereocenters. The molecular formula is C52H57N7O9S. The van der Waals surface area contributed by atoms with E-state index in [0.29, 0.717) is 62.1 Å². The Hall–Kier alpha value is -6.79. The zero-order valence-corrected chi connectivity index (χ0v) is 40.7. The molecule has 5 heterocycles. The number of thiazole rings is 1. The van der Waals surface area contributed by atoms with E-state index < -0.39 is 41.8 Å². The van der Waals surface area contributed by atoms with Gasteiger partial charge in [0.1, 0.15) is 47.8 Å². The van der Waals surface area contributed by atoms with Crippen molar-refractivity contribution < 1.29 is 43.3 Å². The molecule has 16 nitrogen and oxygen atoms in total. The second-order valence-corrected chi connectivity index (χ2v) is 19.5. The van der Waals surface area contributed by atoms with Crippen molar-refractivity contribution in [1.82, 2.24) is 25.7 Å². The Balaban J connectivity index is 0.906. The van der Waals surface area contributed by atoms with Crippen LogP contribution in [0.15, 0.2) is 88.9 Å². The quantitative estimate of drug-likeness (QED) is 0.0478. The lowest BCUT2D eigenvalue weighted by molar-refractivity contribution is -0.141. The lowest BCUT2D eigenvalue weighted by Gasteiger charge is -2.37. The summed E-state index contributed by atoms with van der Waals surface area (Å²) in [5.41, 5.74) is 8.30. The van der Waals surface area contributed by atoms with Crippen molar-refractivity contribution in [3.8, 4) is 27.7 Å². The summed E-state index contributed by atoms with van der Waals surface area (Å²) in [7, 11) is 7.81. The van der Waals surface area contributed by atoms with Crippen molar-refractivity contribution in [2.75, 3.05) is 57.7 Å². The first-order chi connectivity index (χ1) is 33.0. The molecule has 360 valence electrons. The third kappa shape index (κ3) is 8.91. The Morgan fingerprint density at radius 2 is 1.64 bits per heavy atom. The number of nitrogens with one attached hydrogen (secondary N) is 2. The lowest BCUT2D eigenvalue weighted by atomic mass is 9.77. The van der Waals surface area contributed by atoms with Crippen LogP contribution in [0.3, 0.4) is 0 Å². The number of benzene rings is 4. The van der Waals surface area contributed by atoms with Gasteiger partial charge in [-0.3, -0.25) is 14.9 Å². The Morgan fingerprint density at radius 1 is 0.942 bits per heavy atom. The predicted molar refractivity (Wildman–Crippen MR) is 261 cm³/mol. The van der Waals surface area contributed by atoms with Crippen LogP contribution in [0.4, 0.5) is 11.4 Å². The number of β-amino-alcohol motifs (C(OH)–C–C–N with tert-alkyl or cyclic N) is 1. The molecule has 3 aliphatic heterocycles. The number of fused-ring (bicyclic) bond motifs is 6. The van der Waals surface area contributed by atoms with E-state index in [2.05, 4.69) is 20.8 Å². The summed E-state index contributed by atoms with van der Waals surface area (Å²) >= 11 is 1.50. The van der Waals surface area contributed by atoms with Crippen LogP contribution < -0.4 is 29.9 Å². The molecule has 0 radical (unpaired) electrons. The third-order valence-electron chi connectivity index (χ3n) is 13.1. The van der Waals surface area contributed by atoms with E-state index >= 15 is 0 Å². The van der Waals surface area contributed by atoms with E-state index in [1.807, 2.05) is 119 Å². The van der Waals surface area contributed by atoms with Crippen molar-refractivity contribution in [2.24, 2.45) is 5.92 Å². The zero-order valence-electron chi connectivity index (χ0n) is 39.9. The minimum absolute atomic E-state index is 0.0220. The van der Waals surface area contributed by atoms with Crippen molar-refractivity contribution in [2.45, 2.75) is 70.6 Å². The minimum Gasteiger partial charge on any atom is -0.492 e. The molecule has 2 amide bonds. The normalized spacial score (nSPS) is 17.4. The van der Waals surface area contributed by atoms with Gasteiger partial charge in [-0.1, -0.05) is 43.3 Å². The van der Waals surface area contributed by atoms with Crippen molar-refractivity contribution in [3.05, 3.63) is 135 Å². The van der Waals surface area contributed by atoms with Gasteiger partial charge in [-0.25, -0.2) is 9.78 Å². The number of hydrogen-bond donors (Lipinski definition) is 4. The number of anilines is 2. The molecule has 0 bridgehead atoms. The number of amides is 2. The highest BCUT2D eigenvalue weighted by Crippen LogP contribution is 2.57. The molecule has 9 rings (SSSR count). The highest BCUT2D eigenvalue weighted by Gasteiger charge is 2.54. The summed E-state index contributed by atoms with van der Waals surface area (Å²) in [5, 5.41) is 32.3. The largest absolute Gasteiger partial charge is 0.492 e. The molecule has 0 saturated carbocycles. The predicted octanol–water partition coefficient (Wildman–Crippen LogP) is 6.79. The summed E-state index contributed by atoms with van der Waals surface area (Å²) in [4.78, 5) is 52.6. The molecule has 4 N–H and O–H groups in total. The van der Waals surface area contributed by atoms with Crippen LogP contribution in [0.1, 0.15) is 87.7 Å². The average molecular weight is 956 g/mol. The van der Waals surface area contributed by atoms with E-state index in [-0.39, 0.29) is 44.5 Å². The highest BCUT2D eigenvalue weighted by atomic mass is 32.1. The number of aliphatic hydroxyl groups is 2. The van der Waals surface area contributed by atoms with Crippen molar-refractivity contribution in [1.29, 1.82) is 0 Å². The van der Waals surface area contributed by atoms with Crippen molar-refractivity contribution >= 4 is 40.5 Å². The monoisotopic (exact) mass is 955 g/mol. The Morgan fingerprint density at radius 3 is 2.26 bits per heavy atom. The number of carbonyl (C=O) groups is 3. The molecule has 17 heteroatoms. The first-order valence-corrected chi connectivity index (χ1v) is 23.9. The summed E-state index contributed by atoms with van der Waals surface area (Å²) in [5.74, 6) is 0.0437. The SMILES string of the molecule is Cc1cc([C@H](C(=O)N2C[C@H](O)C[C@H]2C(=O)NCc2ccc(-c3scnc3C)cc2OCCNC(O)c2ccc3c(c2)C(=O)OC32c3ccc(N(C)C)cc3Oc3cc(N(C)C)ccc32)C(C)C)on1. The molecule has 2 aromatic heterocycles. The molecular weight excluding hydrogens is 899 g/mol. The molecule has 1 unspecified atom stereocenters. The van der Waals surface area contributed by atoms with Gasteiger partial charge in [0, 0.05) is 106 Å². The number of rotatable bonds is 15. The van der Waals surface area contributed by atoms with Crippen LogP contribution >= 0.6 is 11.3 Å². The van der Waals surface area contributed by atoms with E-state index in [0.717, 1.165) is 27.5 Å². The molecule has 1 fully saturated rings. The van der Waals surface area contributed by atoms with Crippen LogP contribution in [0.25, 0.3) is 10.4 Å². The average Bonchev–Trinajstić information content (AvgIpc) is 4.12. The number of ether oxygens (including phenoxy) is 3. The topological polar surface area (TPSA) is 192 Å². The van der Waals surface area contributed by atoms with Crippen LogP contribution in [0.5, 0.6) is 17.2 Å². The number of hydrogen-bond acceptors (Lipinski definition) is 15. The van der Waals surface area contributed by atoms with Crippen LogP contribution in [0, 0.1) is 19.8 Å². The lowest BCUT2D eigenvalue weighted by Crippen LogP contribution is -2.48. The number of esters is 1. The Kier molecular flexibility index (Phi) is 13.0. The highest BCUT2D eigenvalue weighted by molar-refractivity contribution is 7.13. The fourth-order valence-corrected chi connectivity index (χ4v) is 10.3. The van der Waals surface area contributed by atoms with E-state index in [1.54, 1.807) is 30.6 Å². The number of aromatic nitrogens is 2. The van der Waals surface area contributed by atoms with Gasteiger partial charge in [0.2, 0.25) is 11.8 Å². The van der Waals surface area contributed by atoms with Gasteiger partial charge in [0.15, 0.2) is 5.60 Å². The van der Waals surface area contributed by atoms with Gasteiger partial charge in [-0.2, -0.15) is 0 Å². The number of nitrogens with zero attached hydrogens (tertiary/aromatic N) is 5. The van der Waals surface area contributed by atoms with E-state index in [1.165, 1.54) is 16.2 Å². The first-order valence-electron chi connectivity index (χ1n) is 23.0. The van der Waals surface area contributed by atoms with Gasteiger partial charge in [-0.05, 0) is 67.3 Å². The zero-order chi connectivity index (χ0) is 48.9. The van der Waals surface area contributed by atoms with Gasteiger partial charge in [0.05, 0.1) is 33.4 Å². The second-order valence-electron chi connectivity index (χ2n) is 18.6. The number of aliphatic hydroxyl groups excluding tert-OH is 2. The maximum absolute atomic E-state index is 14.0. The maximum atomic E-state index is 14.0. The molecule has 1 spiro atoms. The Labute approximate surface area is 404 Å². The van der Waals surface area contributed by atoms with Crippen LogP contribution in [-0.4, -0.2) is 103 Å². The van der Waals surface area contributed by atoms with Gasteiger partial charge in [-0.15, -0.1) is 11.3 Å². The third-order valence-corrected chi connectivity index (χ3v) is 14.1. The van der Waals surface area contributed by atoms with Gasteiger partial charge in [0.25, 0.3) is 0 Å². The summed E-state index contributed by atoms with van der Waals surface area (Å²) in [6.07, 6.45) is -1.93. The Bertz CT molecular complexity index is 2870. The smallest absolute Gasteiger partial charge is 0.340 e. The van der Waals surface area contributed by atoms with Crippen molar-refractivity contribution in [3.63, 3.8) is 0 Å². The van der Waals surface area contributed by atoms with Crippen LogP contribution in [-0.2, 0) is 26.5 Å². The standard InChI is InChI=1S/C52H57N7O9S/c1-28(2)46(45-19-29(3)56-68-45)50(63)59-26-36(60)24-41(59)49(62)54-25-33-10-9-31(47-30(4)55-27-69-47)21-42(33)65-18-17-53-48(61)32-11-14-38-37(20-32)51(64)67-52(38)39-15-12-34(57(5)6)22-43(39)66-44-23-35(58(7)8)13-16-40(44)52/h9-16,19-23,27-28,36,41,46,48,53,60-61H,17-18,24-26H2,1-8H3,(H,54,62)/t36-,41+,46-,48?/m1/s1. The van der Waals surface area contributed by atoms with Gasteiger partial charge < -0.3 is 49.0 Å². The molecule has 6 aromatic rings. The maximum Gasteiger partial charge on any atom is 0.340 e. The summed E-state index contributed by atoms with van der Waals surface area (Å²) < 4.78 is 24.8. The summed E-state index contributed by atoms with van der Waals surface area (Å²) in [6, 6.07) is 23.6. The minimum atomic E-state index is -1.28.